The van der Waals surface area contributed by atoms with Crippen LogP contribution in [0.3, 0.4) is 0 Å². The van der Waals surface area contributed by atoms with Crippen molar-refractivity contribution in [3.05, 3.63) is 53.2 Å². The van der Waals surface area contributed by atoms with E-state index >= 15 is 0 Å². The number of nitrogens with zero attached hydrogens (tertiary/aromatic N) is 2. The van der Waals surface area contributed by atoms with Gasteiger partial charge < -0.3 is 10.4 Å². The molecule has 0 atom stereocenters. The second-order valence-corrected chi connectivity index (χ2v) is 4.05. The van der Waals surface area contributed by atoms with Gasteiger partial charge in [0.1, 0.15) is 6.61 Å². The molecule has 0 radical (unpaired) electrons. The van der Waals surface area contributed by atoms with E-state index in [2.05, 4.69) is 27.4 Å². The van der Waals surface area contributed by atoms with E-state index in [1.165, 1.54) is 6.20 Å². The van der Waals surface area contributed by atoms with Crippen molar-refractivity contribution in [2.24, 2.45) is 0 Å². The van der Waals surface area contributed by atoms with Gasteiger partial charge >= 0.3 is 0 Å². The topological polar surface area (TPSA) is 75.1 Å². The lowest BCUT2D eigenvalue weighted by atomic mass is 10.0. The number of rotatable bonds is 2. The molecule has 2 N–H and O–H groups in total. The smallest absolute Gasteiger partial charge is 0.257 e. The Hall–Kier alpha value is -2.71. The Balaban J connectivity index is 2.25. The van der Waals surface area contributed by atoms with Gasteiger partial charge in [-0.2, -0.15) is 5.10 Å². The number of aryl methyl sites for hydroxylation is 1. The van der Waals surface area contributed by atoms with E-state index in [4.69, 9.17) is 5.11 Å². The fraction of sp³-hybridized carbons (Fsp3) is 0.133. The number of nitrogens with one attached hydrogen (secondary N) is 1. The van der Waals surface area contributed by atoms with E-state index in [1.54, 1.807) is 24.3 Å². The molecule has 2 aromatic rings. The Morgan fingerprint density at radius 2 is 2.25 bits per heavy atom. The van der Waals surface area contributed by atoms with Gasteiger partial charge in [0, 0.05) is 17.3 Å². The van der Waals surface area contributed by atoms with E-state index in [0.29, 0.717) is 16.9 Å². The zero-order valence-electron chi connectivity index (χ0n) is 10.9. The Labute approximate surface area is 116 Å². The molecule has 20 heavy (non-hydrogen) atoms. The maximum absolute atomic E-state index is 12.2. The molecule has 2 rings (SSSR count). The molecule has 5 heteroatoms. The second-order valence-electron chi connectivity index (χ2n) is 4.05. The Bertz CT molecular complexity index is 673. The van der Waals surface area contributed by atoms with Crippen molar-refractivity contribution >= 4 is 11.7 Å². The van der Waals surface area contributed by atoms with Crippen molar-refractivity contribution in [2.75, 3.05) is 11.9 Å². The maximum Gasteiger partial charge on any atom is 0.257 e. The van der Waals surface area contributed by atoms with Crippen LogP contribution < -0.4 is 5.32 Å². The number of carbonyl (C=O) groups excluding carboxylic acids is 1. The highest BCUT2D eigenvalue weighted by atomic mass is 16.2. The molecule has 0 aliphatic carbocycles. The lowest BCUT2D eigenvalue weighted by Crippen LogP contribution is -2.14. The molecule has 5 nitrogen and oxygen atoms in total. The lowest BCUT2D eigenvalue weighted by molar-refractivity contribution is 0.102. The fourth-order valence-electron chi connectivity index (χ4n) is 1.64. The number of aliphatic hydroxyl groups excluding tert-OH is 1. The molecule has 1 amide bonds. The molecule has 1 aromatic heterocycles. The first-order valence-corrected chi connectivity index (χ1v) is 6.00. The minimum absolute atomic E-state index is 0.213. The minimum atomic E-state index is -0.268. The third-order valence-electron chi connectivity index (χ3n) is 2.61. The van der Waals surface area contributed by atoms with Crippen molar-refractivity contribution in [1.29, 1.82) is 0 Å². The van der Waals surface area contributed by atoms with Gasteiger partial charge in [-0.15, -0.1) is 5.10 Å². The Morgan fingerprint density at radius 3 is 2.95 bits per heavy atom. The molecule has 0 unspecified atom stereocenters. The van der Waals surface area contributed by atoms with Crippen molar-refractivity contribution < 1.29 is 9.90 Å². The van der Waals surface area contributed by atoms with E-state index in [-0.39, 0.29) is 12.5 Å². The monoisotopic (exact) mass is 267 g/mol. The number of amides is 1. The van der Waals surface area contributed by atoms with Crippen molar-refractivity contribution in [3.63, 3.8) is 0 Å². The maximum atomic E-state index is 12.2. The summed E-state index contributed by atoms with van der Waals surface area (Å²) in [5, 5.41) is 18.9. The molecule has 0 aliphatic heterocycles. The van der Waals surface area contributed by atoms with E-state index in [0.717, 1.165) is 5.56 Å². The average Bonchev–Trinajstić information content (AvgIpc) is 2.47. The Morgan fingerprint density at radius 1 is 1.40 bits per heavy atom. The number of aromatic nitrogens is 2. The lowest BCUT2D eigenvalue weighted by Gasteiger charge is -2.07. The number of aliphatic hydroxyl groups is 1. The summed E-state index contributed by atoms with van der Waals surface area (Å²) in [6.07, 6.45) is 1.53. The number of anilines is 1. The van der Waals surface area contributed by atoms with Crippen molar-refractivity contribution in [1.82, 2.24) is 10.2 Å². The van der Waals surface area contributed by atoms with Crippen LogP contribution in [-0.2, 0) is 0 Å². The molecule has 100 valence electrons. The normalized spacial score (nSPS) is 9.50. The van der Waals surface area contributed by atoms with Crippen LogP contribution in [0, 0.1) is 18.8 Å². The summed E-state index contributed by atoms with van der Waals surface area (Å²) >= 11 is 0. The molecule has 0 saturated heterocycles. The Kier molecular flexibility index (Phi) is 4.43. The van der Waals surface area contributed by atoms with E-state index < -0.39 is 0 Å². The van der Waals surface area contributed by atoms with Crippen LogP contribution in [0.15, 0.2) is 36.5 Å². The van der Waals surface area contributed by atoms with Gasteiger partial charge in [-0.25, -0.2) is 0 Å². The standard InChI is InChI=1S/C15H13N3O2/c1-11-6-7-12(4-3-9-19)10-13(11)15(20)17-14-5-2-8-16-18-14/h2,5-8,10,19H,9H2,1H3,(H,17,18,20). The summed E-state index contributed by atoms with van der Waals surface area (Å²) in [5.74, 6) is 5.45. The average molecular weight is 267 g/mol. The molecule has 0 aliphatic rings. The highest BCUT2D eigenvalue weighted by Crippen LogP contribution is 2.12. The molecule has 0 spiro atoms. The largest absolute Gasteiger partial charge is 0.384 e. The summed E-state index contributed by atoms with van der Waals surface area (Å²) in [6, 6.07) is 8.65. The third kappa shape index (κ3) is 3.40. The zero-order chi connectivity index (χ0) is 14.4. The number of hydrogen-bond donors (Lipinski definition) is 2. The highest BCUT2D eigenvalue weighted by molar-refractivity contribution is 6.04. The molecule has 1 aromatic carbocycles. The van der Waals surface area contributed by atoms with Crippen LogP contribution in [0.25, 0.3) is 0 Å². The van der Waals surface area contributed by atoms with Gasteiger partial charge in [-0.1, -0.05) is 17.9 Å². The van der Waals surface area contributed by atoms with Crippen LogP contribution >= 0.6 is 0 Å². The SMILES string of the molecule is Cc1ccc(C#CCO)cc1C(=O)Nc1cccnn1. The summed E-state index contributed by atoms with van der Waals surface area (Å²) in [4.78, 5) is 12.2. The van der Waals surface area contributed by atoms with Crippen molar-refractivity contribution in [3.8, 4) is 11.8 Å². The molecular formula is C15H13N3O2. The second kappa shape index (κ2) is 6.45. The highest BCUT2D eigenvalue weighted by Gasteiger charge is 2.10. The zero-order valence-corrected chi connectivity index (χ0v) is 10.9. The van der Waals surface area contributed by atoms with Gasteiger partial charge in [-0.3, -0.25) is 4.79 Å². The quantitative estimate of drug-likeness (QED) is 0.806. The van der Waals surface area contributed by atoms with E-state index in [9.17, 15) is 4.79 Å². The summed E-state index contributed by atoms with van der Waals surface area (Å²) < 4.78 is 0. The number of hydrogen-bond acceptors (Lipinski definition) is 4. The van der Waals surface area contributed by atoms with Crippen LogP contribution in [0.1, 0.15) is 21.5 Å². The molecular weight excluding hydrogens is 254 g/mol. The summed E-state index contributed by atoms with van der Waals surface area (Å²) in [6.45, 7) is 1.63. The number of carbonyl (C=O) groups is 1. The van der Waals surface area contributed by atoms with Gasteiger partial charge in [0.25, 0.3) is 5.91 Å². The fourth-order valence-corrected chi connectivity index (χ4v) is 1.64. The predicted octanol–water partition coefficient (Wildman–Crippen LogP) is 1.38. The van der Waals surface area contributed by atoms with Gasteiger partial charge in [0.05, 0.1) is 0 Å². The summed E-state index contributed by atoms with van der Waals surface area (Å²) in [5.41, 5.74) is 2.02. The van der Waals surface area contributed by atoms with E-state index in [1.807, 2.05) is 13.0 Å². The molecule has 0 bridgehead atoms. The number of benzene rings is 1. The van der Waals surface area contributed by atoms with Crippen LogP contribution in [0.4, 0.5) is 5.82 Å². The third-order valence-corrected chi connectivity index (χ3v) is 2.61. The molecule has 0 saturated carbocycles. The molecule has 0 fully saturated rings. The van der Waals surface area contributed by atoms with Crippen LogP contribution in [0.2, 0.25) is 0 Å². The van der Waals surface area contributed by atoms with Crippen LogP contribution in [-0.4, -0.2) is 27.8 Å². The van der Waals surface area contributed by atoms with Gasteiger partial charge in [0.2, 0.25) is 0 Å². The van der Waals surface area contributed by atoms with Crippen molar-refractivity contribution in [2.45, 2.75) is 6.92 Å². The first-order chi connectivity index (χ1) is 9.70. The van der Waals surface area contributed by atoms with Crippen LogP contribution in [0.5, 0.6) is 0 Å². The summed E-state index contributed by atoms with van der Waals surface area (Å²) in [7, 11) is 0. The predicted molar refractivity (Wildman–Crippen MR) is 75.1 cm³/mol. The first kappa shape index (κ1) is 13.7. The van der Waals surface area contributed by atoms with Gasteiger partial charge in [-0.05, 0) is 36.8 Å². The first-order valence-electron chi connectivity index (χ1n) is 6.00. The molecule has 1 heterocycles. The minimum Gasteiger partial charge on any atom is -0.384 e. The van der Waals surface area contributed by atoms with Gasteiger partial charge in [0.15, 0.2) is 5.82 Å².